The van der Waals surface area contributed by atoms with Gasteiger partial charge in [0.15, 0.2) is 0 Å². The number of hydrogen-bond donors (Lipinski definition) is 2. The van der Waals surface area contributed by atoms with Crippen molar-refractivity contribution in [2.24, 2.45) is 0 Å². The molecule has 0 aliphatic heterocycles. The molecule has 0 fully saturated rings. The average Bonchev–Trinajstić information content (AvgIpc) is 2.36. The summed E-state index contributed by atoms with van der Waals surface area (Å²) < 4.78 is 64.4. The summed E-state index contributed by atoms with van der Waals surface area (Å²) in [5.41, 5.74) is 4.15. The molecular weight excluding hydrogens is 359 g/mol. The highest BCUT2D eigenvalue weighted by atomic mass is 79.9. The van der Waals surface area contributed by atoms with Crippen molar-refractivity contribution in [3.05, 3.63) is 52.0 Å². The highest BCUT2D eigenvalue weighted by molar-refractivity contribution is 9.10. The van der Waals surface area contributed by atoms with Crippen molar-refractivity contribution in [1.29, 1.82) is 0 Å². The molecule has 8 heteroatoms. The second-order valence-corrected chi connectivity index (χ2v) is 5.03. The van der Waals surface area contributed by atoms with E-state index in [2.05, 4.69) is 21.2 Å². The molecule has 21 heavy (non-hydrogen) atoms. The third kappa shape index (κ3) is 3.44. The molecule has 2 aromatic carbocycles. The van der Waals surface area contributed by atoms with Crippen molar-refractivity contribution in [3.8, 4) is 0 Å². The Hall–Kier alpha value is -1.83. The van der Waals surface area contributed by atoms with Crippen LogP contribution in [0.25, 0.3) is 0 Å². The van der Waals surface area contributed by atoms with Crippen molar-refractivity contribution < 1.29 is 22.0 Å². The van der Waals surface area contributed by atoms with Crippen LogP contribution in [0.1, 0.15) is 5.56 Å². The molecule has 0 aliphatic rings. The quantitative estimate of drug-likeness (QED) is 0.442. The van der Waals surface area contributed by atoms with Gasteiger partial charge in [-0.2, -0.15) is 13.2 Å². The smallest absolute Gasteiger partial charge is 0.397 e. The molecule has 0 aromatic heterocycles. The Morgan fingerprint density at radius 2 is 1.62 bits per heavy atom. The number of benzene rings is 2. The second-order valence-electron chi connectivity index (χ2n) is 4.17. The zero-order valence-electron chi connectivity index (χ0n) is 10.2. The lowest BCUT2D eigenvalue weighted by molar-refractivity contribution is -0.137. The van der Waals surface area contributed by atoms with Crippen LogP contribution in [0.4, 0.5) is 39.0 Å². The normalized spacial score (nSPS) is 11.5. The van der Waals surface area contributed by atoms with Gasteiger partial charge in [0, 0.05) is 6.07 Å². The molecule has 3 N–H and O–H groups in total. The third-order valence-corrected chi connectivity index (χ3v) is 3.27. The summed E-state index contributed by atoms with van der Waals surface area (Å²) >= 11 is 2.82. The predicted octanol–water partition coefficient (Wildman–Crippen LogP) is 5.07. The van der Waals surface area contributed by atoms with E-state index in [0.29, 0.717) is 0 Å². The largest absolute Gasteiger partial charge is 0.416 e. The van der Waals surface area contributed by atoms with Gasteiger partial charge in [0.25, 0.3) is 0 Å². The summed E-state index contributed by atoms with van der Waals surface area (Å²) in [6.07, 6.45) is -4.53. The number of anilines is 3. The minimum Gasteiger partial charge on any atom is -0.397 e. The second kappa shape index (κ2) is 5.51. The summed E-state index contributed by atoms with van der Waals surface area (Å²) in [4.78, 5) is 0. The van der Waals surface area contributed by atoms with Crippen LogP contribution in [-0.2, 0) is 6.18 Å². The van der Waals surface area contributed by atoms with Gasteiger partial charge in [0.2, 0.25) is 0 Å². The van der Waals surface area contributed by atoms with Gasteiger partial charge in [-0.15, -0.1) is 0 Å². The van der Waals surface area contributed by atoms with Crippen LogP contribution in [0.2, 0.25) is 0 Å². The average molecular weight is 367 g/mol. The Bertz CT molecular complexity index is 685. The van der Waals surface area contributed by atoms with E-state index in [0.717, 1.165) is 30.3 Å². The molecule has 0 radical (unpaired) electrons. The first-order chi connectivity index (χ1) is 9.68. The Labute approximate surface area is 124 Å². The van der Waals surface area contributed by atoms with E-state index < -0.39 is 23.4 Å². The number of halogens is 6. The zero-order chi connectivity index (χ0) is 15.8. The topological polar surface area (TPSA) is 38.0 Å². The minimum absolute atomic E-state index is 0.0450. The number of nitrogens with one attached hydrogen (secondary N) is 1. The molecule has 0 bridgehead atoms. The van der Waals surface area contributed by atoms with Crippen LogP contribution >= 0.6 is 15.9 Å². The van der Waals surface area contributed by atoms with Gasteiger partial charge in [0.05, 0.1) is 27.1 Å². The molecule has 2 nitrogen and oxygen atoms in total. The summed E-state index contributed by atoms with van der Waals surface area (Å²) in [6.45, 7) is 0. The number of nitrogen functional groups attached to an aromatic ring is 1. The molecule has 0 heterocycles. The lowest BCUT2D eigenvalue weighted by Gasteiger charge is -2.13. The fourth-order valence-corrected chi connectivity index (χ4v) is 1.93. The van der Waals surface area contributed by atoms with Gasteiger partial charge in [-0.05, 0) is 40.2 Å². The summed E-state index contributed by atoms with van der Waals surface area (Å²) in [5.74, 6) is -1.49. The summed E-state index contributed by atoms with van der Waals surface area (Å²) in [5, 5.41) is 2.46. The van der Waals surface area contributed by atoms with Crippen LogP contribution in [-0.4, -0.2) is 0 Å². The number of rotatable bonds is 2. The van der Waals surface area contributed by atoms with E-state index in [9.17, 15) is 22.0 Å². The lowest BCUT2D eigenvalue weighted by Crippen LogP contribution is -2.07. The maximum atomic E-state index is 13.6. The predicted molar refractivity (Wildman–Crippen MR) is 73.2 cm³/mol. The Morgan fingerprint density at radius 3 is 2.19 bits per heavy atom. The van der Waals surface area contributed by atoms with Crippen molar-refractivity contribution >= 4 is 33.0 Å². The molecule has 0 saturated carbocycles. The van der Waals surface area contributed by atoms with Crippen LogP contribution in [0.15, 0.2) is 34.8 Å². The Kier molecular flexibility index (Phi) is 4.08. The van der Waals surface area contributed by atoms with Gasteiger partial charge in [-0.1, -0.05) is 0 Å². The van der Waals surface area contributed by atoms with Gasteiger partial charge in [-0.3, -0.25) is 0 Å². The Balaban J connectivity index is 2.35. The minimum atomic E-state index is -4.53. The van der Waals surface area contributed by atoms with E-state index in [1.165, 1.54) is 0 Å². The first kappa shape index (κ1) is 15.6. The van der Waals surface area contributed by atoms with Crippen LogP contribution < -0.4 is 11.1 Å². The van der Waals surface area contributed by atoms with Crippen molar-refractivity contribution in [3.63, 3.8) is 0 Å². The maximum absolute atomic E-state index is 13.6. The van der Waals surface area contributed by atoms with Gasteiger partial charge in [-0.25, -0.2) is 8.78 Å². The first-order valence-corrected chi connectivity index (χ1v) is 6.36. The standard InChI is InChI=1S/C13H8BrF5N2/c14-7-4-9(16)12(5-8(7)15)21-11-2-1-6(3-10(11)20)13(17,18)19/h1-5,21H,20H2. The molecule has 2 aromatic rings. The van der Waals surface area contributed by atoms with Crippen molar-refractivity contribution in [2.75, 3.05) is 11.1 Å². The van der Waals surface area contributed by atoms with Gasteiger partial charge < -0.3 is 11.1 Å². The first-order valence-electron chi connectivity index (χ1n) is 5.57. The number of nitrogens with two attached hydrogens (primary N) is 1. The van der Waals surface area contributed by atoms with Crippen LogP contribution in [0.5, 0.6) is 0 Å². The van der Waals surface area contributed by atoms with Gasteiger partial charge >= 0.3 is 6.18 Å². The fraction of sp³-hybridized carbons (Fsp3) is 0.0769. The Morgan fingerprint density at radius 1 is 0.952 bits per heavy atom. The van der Waals surface area contributed by atoms with E-state index >= 15 is 0 Å². The zero-order valence-corrected chi connectivity index (χ0v) is 11.8. The maximum Gasteiger partial charge on any atom is 0.416 e. The molecular formula is C13H8BrF5N2. The van der Waals surface area contributed by atoms with Gasteiger partial charge in [0.1, 0.15) is 11.6 Å². The number of hydrogen-bond acceptors (Lipinski definition) is 2. The van der Waals surface area contributed by atoms with E-state index in [1.54, 1.807) is 0 Å². The van der Waals surface area contributed by atoms with Crippen LogP contribution in [0.3, 0.4) is 0 Å². The van der Waals surface area contributed by atoms with E-state index in [4.69, 9.17) is 5.73 Å². The molecule has 0 unspecified atom stereocenters. The van der Waals surface area contributed by atoms with Crippen molar-refractivity contribution in [1.82, 2.24) is 0 Å². The lowest BCUT2D eigenvalue weighted by atomic mass is 10.1. The molecule has 0 atom stereocenters. The number of alkyl halides is 3. The van der Waals surface area contributed by atoms with Crippen LogP contribution in [0, 0.1) is 11.6 Å². The third-order valence-electron chi connectivity index (χ3n) is 2.66. The van der Waals surface area contributed by atoms with E-state index in [-0.39, 0.29) is 21.5 Å². The summed E-state index contributed by atoms with van der Waals surface area (Å²) in [6, 6.07) is 4.34. The molecule has 2 rings (SSSR count). The SMILES string of the molecule is Nc1cc(C(F)(F)F)ccc1Nc1cc(F)c(Br)cc1F. The monoisotopic (exact) mass is 366 g/mol. The molecule has 0 amide bonds. The molecule has 112 valence electrons. The highest BCUT2D eigenvalue weighted by Crippen LogP contribution is 2.34. The van der Waals surface area contributed by atoms with Crippen molar-refractivity contribution in [2.45, 2.75) is 6.18 Å². The molecule has 0 saturated heterocycles. The fourth-order valence-electron chi connectivity index (χ4n) is 1.62. The molecule has 0 spiro atoms. The highest BCUT2D eigenvalue weighted by Gasteiger charge is 2.30. The molecule has 0 aliphatic carbocycles. The summed E-state index contributed by atoms with van der Waals surface area (Å²) in [7, 11) is 0. The van der Waals surface area contributed by atoms with E-state index in [1.807, 2.05) is 0 Å².